The van der Waals surface area contributed by atoms with Crippen LogP contribution in [-0.4, -0.2) is 21.0 Å². The van der Waals surface area contributed by atoms with Gasteiger partial charge >= 0.3 is 0 Å². The molecule has 3 N–H and O–H groups in total. The number of benzene rings is 3. The average molecular weight is 619 g/mol. The second kappa shape index (κ2) is 11.5. The van der Waals surface area contributed by atoms with Gasteiger partial charge in [0.2, 0.25) is 9.70 Å². The third-order valence-corrected chi connectivity index (χ3v) is 6.11. The lowest BCUT2D eigenvalue weighted by atomic mass is 9.90. The monoisotopic (exact) mass is 617 g/mol. The number of alkyl halides is 3. The summed E-state index contributed by atoms with van der Waals surface area (Å²) in [5.74, 6) is -0.921. The summed E-state index contributed by atoms with van der Waals surface area (Å²) in [5, 5.41) is 8.94. The van der Waals surface area contributed by atoms with Crippen molar-refractivity contribution in [2.75, 3.05) is 5.32 Å². The molecule has 0 aliphatic heterocycles. The zero-order chi connectivity index (χ0) is 23.1. The smallest absolute Gasteiger partial charge is 0.233 e. The summed E-state index contributed by atoms with van der Waals surface area (Å²) in [6, 6.07) is 26.5. The second-order valence-electron chi connectivity index (χ2n) is 6.84. The zero-order valence-electron chi connectivity index (χ0n) is 16.6. The first-order valence-electron chi connectivity index (χ1n) is 9.54. The normalized spacial score (nSPS) is 12.2. The lowest BCUT2D eigenvalue weighted by Crippen LogP contribution is -2.57. The van der Waals surface area contributed by atoms with E-state index in [0.29, 0.717) is 0 Å². The number of nitrogens with one attached hydrogen (secondary N) is 3. The van der Waals surface area contributed by atoms with E-state index in [4.69, 9.17) is 47.0 Å². The Kier molecular flexibility index (Phi) is 9.02. The molecule has 0 saturated carbocycles. The van der Waals surface area contributed by atoms with Crippen LogP contribution in [0.5, 0.6) is 0 Å². The van der Waals surface area contributed by atoms with Crippen molar-refractivity contribution in [3.63, 3.8) is 0 Å². The van der Waals surface area contributed by atoms with E-state index in [-0.39, 0.29) is 11.0 Å². The number of thiocarbonyl (C=S) groups is 1. The van der Waals surface area contributed by atoms with Crippen LogP contribution in [0.3, 0.4) is 0 Å². The molecular weight excluding hydrogens is 600 g/mol. The Hall–Kier alpha value is -1.58. The molecule has 3 aromatic carbocycles. The van der Waals surface area contributed by atoms with Crippen molar-refractivity contribution in [1.82, 2.24) is 10.6 Å². The number of amides is 1. The van der Waals surface area contributed by atoms with Crippen LogP contribution in [0.25, 0.3) is 0 Å². The average Bonchev–Trinajstić information content (AvgIpc) is 2.76. The predicted molar refractivity (Wildman–Crippen MR) is 145 cm³/mol. The quantitative estimate of drug-likeness (QED) is 0.133. The number of anilines is 1. The number of rotatable bonds is 6. The van der Waals surface area contributed by atoms with Gasteiger partial charge in [-0.15, -0.1) is 0 Å². The van der Waals surface area contributed by atoms with Gasteiger partial charge in [0.25, 0.3) is 0 Å². The molecule has 1 atom stereocenters. The second-order valence-corrected chi connectivity index (χ2v) is 10.9. The van der Waals surface area contributed by atoms with Crippen LogP contribution < -0.4 is 16.0 Å². The van der Waals surface area contributed by atoms with Crippen LogP contribution in [0.2, 0.25) is 0 Å². The summed E-state index contributed by atoms with van der Waals surface area (Å²) < 4.78 is -0.767. The molecule has 0 saturated heterocycles. The maximum atomic E-state index is 13.4. The van der Waals surface area contributed by atoms with Gasteiger partial charge in [0.1, 0.15) is 6.17 Å². The Bertz CT molecular complexity index is 1010. The molecule has 32 heavy (non-hydrogen) atoms. The topological polar surface area (TPSA) is 53.2 Å². The van der Waals surface area contributed by atoms with Crippen LogP contribution in [-0.2, 0) is 4.79 Å². The molecular formula is C23H19Cl3IN3OS. The van der Waals surface area contributed by atoms with Gasteiger partial charge in [-0.05, 0) is 70.2 Å². The van der Waals surface area contributed by atoms with E-state index >= 15 is 0 Å². The van der Waals surface area contributed by atoms with Gasteiger partial charge in [-0.2, -0.15) is 0 Å². The highest BCUT2D eigenvalue weighted by Gasteiger charge is 2.36. The van der Waals surface area contributed by atoms with Crippen LogP contribution in [0.4, 0.5) is 5.69 Å². The lowest BCUT2D eigenvalue weighted by molar-refractivity contribution is -0.122. The van der Waals surface area contributed by atoms with E-state index < -0.39 is 15.9 Å². The molecule has 0 heterocycles. The minimum absolute atomic E-state index is 0.207. The fourth-order valence-electron chi connectivity index (χ4n) is 3.04. The Balaban J connectivity index is 1.79. The fraction of sp³-hybridized carbons (Fsp3) is 0.130. The number of halogens is 4. The fourth-order valence-corrected chi connectivity index (χ4v) is 3.97. The summed E-state index contributed by atoms with van der Waals surface area (Å²) in [7, 11) is 0. The minimum atomic E-state index is -1.86. The molecule has 3 rings (SSSR count). The van der Waals surface area contributed by atoms with Crippen molar-refractivity contribution >= 4 is 86.3 Å². The first kappa shape index (κ1) is 25.1. The lowest BCUT2D eigenvalue weighted by Gasteiger charge is -2.29. The third kappa shape index (κ3) is 7.22. The van der Waals surface area contributed by atoms with Crippen molar-refractivity contribution in [3.8, 4) is 0 Å². The summed E-state index contributed by atoms with van der Waals surface area (Å²) in [6.07, 6.45) is -1.07. The Morgan fingerprint density at radius 1 is 0.812 bits per heavy atom. The summed E-state index contributed by atoms with van der Waals surface area (Å²) in [4.78, 5) is 13.4. The molecule has 0 unspecified atom stereocenters. The van der Waals surface area contributed by atoms with Crippen molar-refractivity contribution in [2.24, 2.45) is 0 Å². The van der Waals surface area contributed by atoms with E-state index in [2.05, 4.69) is 38.5 Å². The number of hydrogen-bond acceptors (Lipinski definition) is 2. The van der Waals surface area contributed by atoms with E-state index in [9.17, 15) is 4.79 Å². The van der Waals surface area contributed by atoms with E-state index in [1.807, 2.05) is 84.9 Å². The first-order chi connectivity index (χ1) is 15.2. The standard InChI is InChI=1S/C23H19Cl3IN3OS/c24-23(25,26)21(30-22(32)28-18-13-11-17(27)12-14-18)29-20(31)19(15-7-3-1-4-8-15)16-9-5-2-6-10-16/h1-14,19,21H,(H,29,31)(H2,28,30,32)/t21-/m0/s1. The van der Waals surface area contributed by atoms with Gasteiger partial charge in [0, 0.05) is 9.26 Å². The summed E-state index contributed by atoms with van der Waals surface area (Å²) >= 11 is 26.1. The van der Waals surface area contributed by atoms with Crippen LogP contribution >= 0.6 is 69.6 Å². The summed E-state index contributed by atoms with van der Waals surface area (Å²) in [5.41, 5.74) is 2.40. The van der Waals surface area contributed by atoms with Crippen molar-refractivity contribution in [1.29, 1.82) is 0 Å². The predicted octanol–water partition coefficient (Wildman–Crippen LogP) is 6.22. The highest BCUT2D eigenvalue weighted by atomic mass is 127. The SMILES string of the molecule is O=C(N[C@@H](NC(=S)Nc1ccc(I)cc1)C(Cl)(Cl)Cl)C(c1ccccc1)c1ccccc1. The molecule has 9 heteroatoms. The van der Waals surface area contributed by atoms with Crippen molar-refractivity contribution in [3.05, 3.63) is 99.6 Å². The number of carbonyl (C=O) groups excluding carboxylic acids is 1. The van der Waals surface area contributed by atoms with Gasteiger partial charge in [0.15, 0.2) is 5.11 Å². The number of carbonyl (C=O) groups is 1. The van der Waals surface area contributed by atoms with E-state index in [0.717, 1.165) is 20.4 Å². The molecule has 0 bridgehead atoms. The molecule has 0 aliphatic rings. The molecule has 0 aliphatic carbocycles. The number of hydrogen-bond donors (Lipinski definition) is 3. The van der Waals surface area contributed by atoms with Crippen LogP contribution in [0.15, 0.2) is 84.9 Å². The highest BCUT2D eigenvalue weighted by molar-refractivity contribution is 14.1. The van der Waals surface area contributed by atoms with Gasteiger partial charge in [0.05, 0.1) is 5.92 Å². The maximum absolute atomic E-state index is 13.4. The third-order valence-electron chi connectivity index (χ3n) is 4.52. The van der Waals surface area contributed by atoms with Crippen LogP contribution in [0, 0.1) is 3.57 Å². The zero-order valence-corrected chi connectivity index (χ0v) is 21.8. The van der Waals surface area contributed by atoms with Gasteiger partial charge in [-0.25, -0.2) is 0 Å². The molecule has 166 valence electrons. The van der Waals surface area contributed by atoms with E-state index in [1.165, 1.54) is 0 Å². The van der Waals surface area contributed by atoms with Crippen molar-refractivity contribution < 1.29 is 4.79 Å². The first-order valence-corrected chi connectivity index (χ1v) is 12.2. The minimum Gasteiger partial charge on any atom is -0.339 e. The molecule has 0 aromatic heterocycles. The van der Waals surface area contributed by atoms with Gasteiger partial charge in [-0.3, -0.25) is 4.79 Å². The molecule has 0 radical (unpaired) electrons. The largest absolute Gasteiger partial charge is 0.339 e. The van der Waals surface area contributed by atoms with Gasteiger partial charge < -0.3 is 16.0 Å². The highest BCUT2D eigenvalue weighted by Crippen LogP contribution is 2.31. The summed E-state index contributed by atoms with van der Waals surface area (Å²) in [6.45, 7) is 0. The molecule has 4 nitrogen and oxygen atoms in total. The Labute approximate surface area is 221 Å². The molecule has 1 amide bonds. The maximum Gasteiger partial charge on any atom is 0.233 e. The van der Waals surface area contributed by atoms with Crippen LogP contribution in [0.1, 0.15) is 17.0 Å². The molecule has 3 aromatic rings. The molecule has 0 spiro atoms. The van der Waals surface area contributed by atoms with Crippen molar-refractivity contribution in [2.45, 2.75) is 15.9 Å². The Morgan fingerprint density at radius 3 is 1.78 bits per heavy atom. The van der Waals surface area contributed by atoms with Gasteiger partial charge in [-0.1, -0.05) is 95.5 Å². The van der Waals surface area contributed by atoms with E-state index in [1.54, 1.807) is 0 Å². The molecule has 0 fully saturated rings. The Morgan fingerprint density at radius 2 is 1.31 bits per heavy atom.